The summed E-state index contributed by atoms with van der Waals surface area (Å²) in [5.74, 6) is -0.478. The first kappa shape index (κ1) is 12.5. The molecule has 0 unspecified atom stereocenters. The van der Waals surface area contributed by atoms with Crippen molar-refractivity contribution in [2.75, 3.05) is 18.5 Å². The Morgan fingerprint density at radius 1 is 1.41 bits per heavy atom. The molecular formula is C12H13BrFNO2. The SMILES string of the molecule is O=C(Nc1cc(F)ccc1Br)C1CCOCC1. The summed E-state index contributed by atoms with van der Waals surface area (Å²) in [6, 6.07) is 4.23. The van der Waals surface area contributed by atoms with Gasteiger partial charge in [0.2, 0.25) is 5.91 Å². The normalized spacial score (nSPS) is 16.8. The van der Waals surface area contributed by atoms with E-state index in [1.165, 1.54) is 12.1 Å². The second-order valence-corrected chi connectivity index (χ2v) is 4.85. The molecular weight excluding hydrogens is 289 g/mol. The van der Waals surface area contributed by atoms with Crippen LogP contribution in [-0.2, 0) is 9.53 Å². The van der Waals surface area contributed by atoms with Gasteiger partial charge in [0.25, 0.3) is 0 Å². The van der Waals surface area contributed by atoms with E-state index in [0.29, 0.717) is 23.4 Å². The molecule has 0 saturated carbocycles. The third-order valence-electron chi connectivity index (χ3n) is 2.78. The van der Waals surface area contributed by atoms with Gasteiger partial charge >= 0.3 is 0 Å². The second-order valence-electron chi connectivity index (χ2n) is 4.00. The zero-order valence-corrected chi connectivity index (χ0v) is 10.8. The lowest BCUT2D eigenvalue weighted by atomic mass is 9.99. The van der Waals surface area contributed by atoms with Gasteiger partial charge in [0.05, 0.1) is 5.69 Å². The van der Waals surface area contributed by atoms with Gasteiger partial charge in [0, 0.05) is 23.6 Å². The number of carbonyl (C=O) groups is 1. The maximum Gasteiger partial charge on any atom is 0.227 e. The van der Waals surface area contributed by atoms with Crippen molar-refractivity contribution in [1.82, 2.24) is 0 Å². The highest BCUT2D eigenvalue weighted by Gasteiger charge is 2.22. The Labute approximate surface area is 107 Å². The quantitative estimate of drug-likeness (QED) is 0.912. The maximum absolute atomic E-state index is 13.0. The molecule has 92 valence electrons. The Morgan fingerprint density at radius 3 is 2.82 bits per heavy atom. The highest BCUT2D eigenvalue weighted by atomic mass is 79.9. The molecule has 1 aromatic rings. The number of hydrogen-bond donors (Lipinski definition) is 1. The van der Waals surface area contributed by atoms with Crippen LogP contribution in [0.3, 0.4) is 0 Å². The third kappa shape index (κ3) is 3.26. The van der Waals surface area contributed by atoms with Crippen molar-refractivity contribution in [1.29, 1.82) is 0 Å². The van der Waals surface area contributed by atoms with E-state index < -0.39 is 0 Å². The fraction of sp³-hybridized carbons (Fsp3) is 0.417. The molecule has 1 aliphatic rings. The number of nitrogens with one attached hydrogen (secondary N) is 1. The molecule has 0 aromatic heterocycles. The van der Waals surface area contributed by atoms with Crippen LogP contribution >= 0.6 is 15.9 Å². The van der Waals surface area contributed by atoms with Crippen molar-refractivity contribution >= 4 is 27.5 Å². The minimum atomic E-state index is -0.365. The molecule has 1 N–H and O–H groups in total. The van der Waals surface area contributed by atoms with Gasteiger partial charge in [-0.25, -0.2) is 4.39 Å². The van der Waals surface area contributed by atoms with Crippen molar-refractivity contribution < 1.29 is 13.9 Å². The Bertz CT molecular complexity index is 419. The highest BCUT2D eigenvalue weighted by molar-refractivity contribution is 9.10. The molecule has 1 heterocycles. The van der Waals surface area contributed by atoms with Crippen LogP contribution < -0.4 is 5.32 Å². The predicted octanol–water partition coefficient (Wildman–Crippen LogP) is 2.95. The minimum absolute atomic E-state index is 0.0427. The van der Waals surface area contributed by atoms with E-state index in [4.69, 9.17) is 4.74 Å². The number of rotatable bonds is 2. The van der Waals surface area contributed by atoms with Crippen LogP contribution in [0.4, 0.5) is 10.1 Å². The summed E-state index contributed by atoms with van der Waals surface area (Å²) in [7, 11) is 0. The molecule has 0 atom stereocenters. The largest absolute Gasteiger partial charge is 0.381 e. The summed E-state index contributed by atoms with van der Waals surface area (Å²) >= 11 is 3.28. The summed E-state index contributed by atoms with van der Waals surface area (Å²) in [6.07, 6.45) is 1.44. The molecule has 1 aromatic carbocycles. The van der Waals surface area contributed by atoms with Gasteiger partial charge in [-0.2, -0.15) is 0 Å². The standard InChI is InChI=1S/C12H13BrFNO2/c13-10-2-1-9(14)7-11(10)15-12(16)8-3-5-17-6-4-8/h1-2,7-8H,3-6H2,(H,15,16). The maximum atomic E-state index is 13.0. The summed E-state index contributed by atoms with van der Waals surface area (Å²) < 4.78 is 18.9. The average Bonchev–Trinajstić information content (AvgIpc) is 2.35. The first-order valence-corrected chi connectivity index (χ1v) is 6.30. The van der Waals surface area contributed by atoms with Crippen LogP contribution in [0.15, 0.2) is 22.7 Å². The monoisotopic (exact) mass is 301 g/mol. The van der Waals surface area contributed by atoms with Crippen LogP contribution in [-0.4, -0.2) is 19.1 Å². The van der Waals surface area contributed by atoms with E-state index >= 15 is 0 Å². The number of benzene rings is 1. The minimum Gasteiger partial charge on any atom is -0.381 e. The molecule has 0 spiro atoms. The van der Waals surface area contributed by atoms with Gasteiger partial charge < -0.3 is 10.1 Å². The molecule has 5 heteroatoms. The molecule has 0 bridgehead atoms. The Balaban J connectivity index is 2.04. The fourth-order valence-electron chi connectivity index (χ4n) is 1.79. The van der Waals surface area contributed by atoms with Crippen LogP contribution in [0, 0.1) is 11.7 Å². The zero-order chi connectivity index (χ0) is 12.3. The molecule has 0 aliphatic carbocycles. The van der Waals surface area contributed by atoms with E-state index in [9.17, 15) is 9.18 Å². The van der Waals surface area contributed by atoms with Gasteiger partial charge in [-0.3, -0.25) is 4.79 Å². The average molecular weight is 302 g/mol. The van der Waals surface area contributed by atoms with Crippen LogP contribution in [0.25, 0.3) is 0 Å². The molecule has 1 amide bonds. The molecule has 1 aliphatic heterocycles. The molecule has 1 saturated heterocycles. The lowest BCUT2D eigenvalue weighted by Gasteiger charge is -2.21. The van der Waals surface area contributed by atoms with Crippen molar-refractivity contribution in [3.63, 3.8) is 0 Å². The van der Waals surface area contributed by atoms with Crippen LogP contribution in [0.1, 0.15) is 12.8 Å². The van der Waals surface area contributed by atoms with Gasteiger partial charge in [-0.05, 0) is 47.0 Å². The van der Waals surface area contributed by atoms with Gasteiger partial charge in [-0.15, -0.1) is 0 Å². The smallest absolute Gasteiger partial charge is 0.227 e. The molecule has 3 nitrogen and oxygen atoms in total. The van der Waals surface area contributed by atoms with Gasteiger partial charge in [0.15, 0.2) is 0 Å². The van der Waals surface area contributed by atoms with E-state index in [2.05, 4.69) is 21.2 Å². The first-order valence-electron chi connectivity index (χ1n) is 5.50. The Kier molecular flexibility index (Phi) is 4.12. The molecule has 1 fully saturated rings. The molecule has 0 radical (unpaired) electrons. The van der Waals surface area contributed by atoms with Crippen molar-refractivity contribution in [2.24, 2.45) is 5.92 Å². The van der Waals surface area contributed by atoms with E-state index in [-0.39, 0.29) is 17.6 Å². The second kappa shape index (κ2) is 5.60. The lowest BCUT2D eigenvalue weighted by Crippen LogP contribution is -2.28. The van der Waals surface area contributed by atoms with Crippen LogP contribution in [0.2, 0.25) is 0 Å². The van der Waals surface area contributed by atoms with Crippen LogP contribution in [0.5, 0.6) is 0 Å². The summed E-state index contributed by atoms with van der Waals surface area (Å²) in [5, 5.41) is 2.74. The predicted molar refractivity (Wildman–Crippen MR) is 66.3 cm³/mol. The summed E-state index contributed by atoms with van der Waals surface area (Å²) in [6.45, 7) is 1.23. The first-order chi connectivity index (χ1) is 8.16. The van der Waals surface area contributed by atoms with E-state index in [1.807, 2.05) is 0 Å². The Morgan fingerprint density at radius 2 is 2.12 bits per heavy atom. The van der Waals surface area contributed by atoms with Gasteiger partial charge in [0.1, 0.15) is 5.82 Å². The lowest BCUT2D eigenvalue weighted by molar-refractivity contribution is -0.122. The molecule has 2 rings (SSSR count). The summed E-state index contributed by atoms with van der Waals surface area (Å²) in [5.41, 5.74) is 0.474. The third-order valence-corrected chi connectivity index (χ3v) is 3.47. The highest BCUT2D eigenvalue weighted by Crippen LogP contribution is 2.25. The number of anilines is 1. The molecule has 17 heavy (non-hydrogen) atoms. The van der Waals surface area contributed by atoms with E-state index in [0.717, 1.165) is 12.8 Å². The number of carbonyl (C=O) groups excluding carboxylic acids is 1. The number of ether oxygens (including phenoxy) is 1. The van der Waals surface area contributed by atoms with Crippen molar-refractivity contribution in [3.8, 4) is 0 Å². The fourth-order valence-corrected chi connectivity index (χ4v) is 2.13. The summed E-state index contributed by atoms with van der Waals surface area (Å²) in [4.78, 5) is 11.9. The van der Waals surface area contributed by atoms with E-state index in [1.54, 1.807) is 6.07 Å². The number of halogens is 2. The van der Waals surface area contributed by atoms with Crippen molar-refractivity contribution in [3.05, 3.63) is 28.5 Å². The number of hydrogen-bond acceptors (Lipinski definition) is 2. The Hall–Kier alpha value is -0.940. The number of amides is 1. The van der Waals surface area contributed by atoms with Crippen molar-refractivity contribution in [2.45, 2.75) is 12.8 Å². The topological polar surface area (TPSA) is 38.3 Å². The van der Waals surface area contributed by atoms with Gasteiger partial charge in [-0.1, -0.05) is 0 Å². The zero-order valence-electron chi connectivity index (χ0n) is 9.21.